The fourth-order valence-electron chi connectivity index (χ4n) is 3.43. The van der Waals surface area contributed by atoms with Crippen LogP contribution in [-0.4, -0.2) is 57.2 Å². The van der Waals surface area contributed by atoms with E-state index in [1.54, 1.807) is 0 Å². The largest absolute Gasteiger partial charge is 0.374 e. The van der Waals surface area contributed by atoms with Crippen molar-refractivity contribution in [3.05, 3.63) is 42.5 Å². The Kier molecular flexibility index (Phi) is 4.22. The summed E-state index contributed by atoms with van der Waals surface area (Å²) in [5.74, 6) is -0.335. The average Bonchev–Trinajstić information content (AvgIpc) is 3.02. The maximum atomic E-state index is 13.1. The minimum absolute atomic E-state index is 0.0476. The van der Waals surface area contributed by atoms with Crippen molar-refractivity contribution in [3.8, 4) is 0 Å². The summed E-state index contributed by atoms with van der Waals surface area (Å²) in [6.07, 6.45) is 8.36. The Labute approximate surface area is 143 Å². The molecular weight excluding hydrogens is 327 g/mol. The lowest BCUT2D eigenvalue weighted by Crippen LogP contribution is -2.47. The number of carbonyl (C=O) groups is 1. The zero-order valence-electron chi connectivity index (χ0n) is 13.4. The van der Waals surface area contributed by atoms with Gasteiger partial charge in [-0.3, -0.25) is 9.78 Å². The number of nitrogens with one attached hydrogen (secondary N) is 1. The van der Waals surface area contributed by atoms with Crippen LogP contribution in [0.3, 0.4) is 0 Å². The summed E-state index contributed by atoms with van der Waals surface area (Å²) in [6.45, 7) is 1.14. The molecule has 1 amide bonds. The van der Waals surface area contributed by atoms with Crippen LogP contribution in [0.25, 0.3) is 0 Å². The molecule has 0 bridgehead atoms. The maximum Gasteiger partial charge on any atom is 0.271 e. The molecule has 2 aromatic heterocycles. The van der Waals surface area contributed by atoms with E-state index >= 15 is 0 Å². The maximum absolute atomic E-state index is 13.1. The van der Waals surface area contributed by atoms with Crippen LogP contribution in [0, 0.1) is 5.82 Å². The Bertz CT molecular complexity index is 744. The lowest BCUT2D eigenvalue weighted by Gasteiger charge is -2.32. The monoisotopic (exact) mass is 344 g/mol. The first-order valence-electron chi connectivity index (χ1n) is 8.15. The summed E-state index contributed by atoms with van der Waals surface area (Å²) in [7, 11) is 0. The highest BCUT2D eigenvalue weighted by Gasteiger charge is 2.45. The highest BCUT2D eigenvalue weighted by Crippen LogP contribution is 2.31. The van der Waals surface area contributed by atoms with Gasteiger partial charge in [-0.1, -0.05) is 0 Å². The zero-order chi connectivity index (χ0) is 17.2. The molecule has 0 aliphatic carbocycles. The molecule has 2 aliphatic rings. The molecule has 2 fully saturated rings. The molecule has 0 spiro atoms. The van der Waals surface area contributed by atoms with Gasteiger partial charge in [-0.05, 0) is 12.8 Å². The molecule has 8 nitrogen and oxygen atoms in total. The van der Waals surface area contributed by atoms with Crippen molar-refractivity contribution in [2.75, 3.05) is 18.1 Å². The van der Waals surface area contributed by atoms with E-state index in [4.69, 9.17) is 4.74 Å². The molecule has 0 radical (unpaired) electrons. The lowest BCUT2D eigenvalue weighted by molar-refractivity contribution is 0.000588. The van der Waals surface area contributed by atoms with Gasteiger partial charge in [-0.15, -0.1) is 0 Å². The number of amides is 1. The molecule has 2 saturated heterocycles. The second-order valence-electron chi connectivity index (χ2n) is 6.07. The van der Waals surface area contributed by atoms with Crippen LogP contribution in [0.4, 0.5) is 10.3 Å². The highest BCUT2D eigenvalue weighted by molar-refractivity contribution is 5.92. The van der Waals surface area contributed by atoms with Crippen molar-refractivity contribution in [2.24, 2.45) is 0 Å². The van der Waals surface area contributed by atoms with E-state index in [-0.39, 0.29) is 29.8 Å². The number of hydrogen-bond donors (Lipinski definition) is 1. The van der Waals surface area contributed by atoms with Gasteiger partial charge in [0, 0.05) is 25.5 Å². The van der Waals surface area contributed by atoms with Crippen molar-refractivity contribution in [3.63, 3.8) is 0 Å². The van der Waals surface area contributed by atoms with Crippen LogP contribution in [0.5, 0.6) is 0 Å². The van der Waals surface area contributed by atoms with Crippen molar-refractivity contribution < 1.29 is 13.9 Å². The Morgan fingerprint density at radius 2 is 2.08 bits per heavy atom. The van der Waals surface area contributed by atoms with Gasteiger partial charge >= 0.3 is 0 Å². The molecule has 2 aliphatic heterocycles. The van der Waals surface area contributed by atoms with Crippen LogP contribution in [0.15, 0.2) is 31.0 Å². The van der Waals surface area contributed by atoms with Crippen LogP contribution in [0.2, 0.25) is 0 Å². The van der Waals surface area contributed by atoms with Gasteiger partial charge in [-0.2, -0.15) is 0 Å². The summed E-state index contributed by atoms with van der Waals surface area (Å²) < 4.78 is 19.0. The van der Waals surface area contributed by atoms with E-state index in [1.807, 2.05) is 4.90 Å². The summed E-state index contributed by atoms with van der Waals surface area (Å²) in [6, 6.07) is -0.181. The molecule has 1 N–H and O–H groups in total. The summed E-state index contributed by atoms with van der Waals surface area (Å²) in [4.78, 5) is 30.4. The van der Waals surface area contributed by atoms with E-state index in [0.717, 1.165) is 25.2 Å². The number of ether oxygens (including phenoxy) is 1. The Hall–Kier alpha value is -2.68. The normalized spacial score (nSPS) is 25.5. The third-order valence-corrected chi connectivity index (χ3v) is 4.50. The van der Waals surface area contributed by atoms with Crippen LogP contribution in [0.1, 0.15) is 23.3 Å². The van der Waals surface area contributed by atoms with Crippen LogP contribution < -0.4 is 10.2 Å². The lowest BCUT2D eigenvalue weighted by atomic mass is 10.0. The predicted octanol–water partition coefficient (Wildman–Crippen LogP) is 0.572. The number of rotatable bonds is 3. The minimum atomic E-state index is -0.480. The molecule has 2 aromatic rings. The summed E-state index contributed by atoms with van der Waals surface area (Å²) in [5, 5.41) is 2.97. The number of aromatic nitrogens is 4. The molecule has 0 aromatic carbocycles. The topological polar surface area (TPSA) is 93.1 Å². The summed E-state index contributed by atoms with van der Waals surface area (Å²) >= 11 is 0. The smallest absolute Gasteiger partial charge is 0.271 e. The average molecular weight is 344 g/mol. The first-order chi connectivity index (χ1) is 12.2. The van der Waals surface area contributed by atoms with Gasteiger partial charge in [0.1, 0.15) is 5.69 Å². The fourth-order valence-corrected chi connectivity index (χ4v) is 3.43. The van der Waals surface area contributed by atoms with Crippen molar-refractivity contribution >= 4 is 11.9 Å². The SMILES string of the molecule is O=C(N[C@@H]1CN(c2ncc(F)cn2)[C@H]2CCCO[C@@H]12)c1cnccn1. The standard InChI is InChI=1S/C16H17FN6O2/c17-10-6-20-16(21-7-10)23-9-12(14-13(23)2-1-5-25-14)22-15(24)11-8-18-3-4-19-11/h3-4,6-8,12-14H,1-2,5,9H2,(H,22,24)/t12-,13+,14+/m1/s1. The van der Waals surface area contributed by atoms with Gasteiger partial charge in [-0.25, -0.2) is 19.3 Å². The second kappa shape index (κ2) is 6.67. The van der Waals surface area contributed by atoms with Crippen molar-refractivity contribution in [2.45, 2.75) is 31.0 Å². The quantitative estimate of drug-likeness (QED) is 0.870. The molecule has 25 heavy (non-hydrogen) atoms. The third kappa shape index (κ3) is 3.14. The number of carbonyl (C=O) groups excluding carboxylic acids is 1. The fraction of sp³-hybridized carbons (Fsp3) is 0.438. The minimum Gasteiger partial charge on any atom is -0.374 e. The molecule has 0 saturated carbocycles. The first kappa shape index (κ1) is 15.8. The van der Waals surface area contributed by atoms with Crippen LogP contribution >= 0.6 is 0 Å². The Morgan fingerprint density at radius 1 is 1.24 bits per heavy atom. The number of halogens is 1. The number of anilines is 1. The predicted molar refractivity (Wildman–Crippen MR) is 85.4 cm³/mol. The number of nitrogens with zero attached hydrogens (tertiary/aromatic N) is 5. The van der Waals surface area contributed by atoms with E-state index in [0.29, 0.717) is 19.1 Å². The van der Waals surface area contributed by atoms with Crippen LogP contribution in [-0.2, 0) is 4.74 Å². The summed E-state index contributed by atoms with van der Waals surface area (Å²) in [5.41, 5.74) is 0.256. The van der Waals surface area contributed by atoms with Gasteiger partial charge < -0.3 is 15.0 Å². The van der Waals surface area contributed by atoms with Gasteiger partial charge in [0.25, 0.3) is 5.91 Å². The number of hydrogen-bond acceptors (Lipinski definition) is 7. The van der Waals surface area contributed by atoms with E-state index in [9.17, 15) is 9.18 Å². The van der Waals surface area contributed by atoms with Crippen molar-refractivity contribution in [1.29, 1.82) is 0 Å². The van der Waals surface area contributed by atoms with Gasteiger partial charge in [0.2, 0.25) is 5.95 Å². The van der Waals surface area contributed by atoms with E-state index < -0.39 is 5.82 Å². The molecular formula is C16H17FN6O2. The van der Waals surface area contributed by atoms with Gasteiger partial charge in [0.05, 0.1) is 36.8 Å². The van der Waals surface area contributed by atoms with E-state index in [1.165, 1.54) is 18.6 Å². The Balaban J connectivity index is 1.54. The molecule has 130 valence electrons. The molecule has 4 heterocycles. The highest BCUT2D eigenvalue weighted by atomic mass is 19.1. The van der Waals surface area contributed by atoms with Crippen molar-refractivity contribution in [1.82, 2.24) is 25.3 Å². The molecule has 4 rings (SSSR count). The number of fused-ring (bicyclic) bond motifs is 1. The molecule has 0 unspecified atom stereocenters. The molecule has 9 heteroatoms. The zero-order valence-corrected chi connectivity index (χ0v) is 13.4. The second-order valence-corrected chi connectivity index (χ2v) is 6.07. The van der Waals surface area contributed by atoms with Gasteiger partial charge in [0.15, 0.2) is 5.82 Å². The first-order valence-corrected chi connectivity index (χ1v) is 8.15. The Morgan fingerprint density at radius 3 is 2.84 bits per heavy atom. The molecule has 3 atom stereocenters. The van der Waals surface area contributed by atoms with E-state index in [2.05, 4.69) is 25.3 Å². The third-order valence-electron chi connectivity index (χ3n) is 4.50.